The van der Waals surface area contributed by atoms with E-state index in [1.165, 1.54) is 52.7 Å². The molecule has 2 aromatic carbocycles. The maximum Gasteiger partial charge on any atom is 0.0534 e. The molecule has 5 rings (SSSR count). The lowest BCUT2D eigenvalue weighted by atomic mass is 10.1. The lowest BCUT2D eigenvalue weighted by Crippen LogP contribution is -2.02. The second kappa shape index (κ2) is 4.11. The first-order chi connectivity index (χ1) is 10.4. The molecule has 0 bridgehead atoms. The molecule has 102 valence electrons. The van der Waals surface area contributed by atoms with E-state index in [4.69, 9.17) is 0 Å². The van der Waals surface area contributed by atoms with Crippen molar-refractivity contribution in [1.82, 2.24) is 4.57 Å². The lowest BCUT2D eigenvalue weighted by molar-refractivity contribution is 0.873. The van der Waals surface area contributed by atoms with Crippen molar-refractivity contribution in [3.05, 3.63) is 70.9 Å². The molecule has 0 radical (unpaired) electrons. The Balaban J connectivity index is 1.91. The van der Waals surface area contributed by atoms with Crippen LogP contribution in [0.1, 0.15) is 28.8 Å². The third-order valence-corrected chi connectivity index (χ3v) is 4.97. The predicted molar refractivity (Wildman–Crippen MR) is 88.0 cm³/mol. The lowest BCUT2D eigenvalue weighted by Gasteiger charge is -2.14. The molecule has 0 N–H and O–H groups in total. The van der Waals surface area contributed by atoms with Gasteiger partial charge in [0, 0.05) is 16.6 Å². The van der Waals surface area contributed by atoms with Gasteiger partial charge in [0.1, 0.15) is 0 Å². The van der Waals surface area contributed by atoms with Crippen LogP contribution in [-0.2, 0) is 19.3 Å². The highest BCUT2D eigenvalue weighted by atomic mass is 15.0. The first kappa shape index (κ1) is 11.4. The summed E-state index contributed by atoms with van der Waals surface area (Å²) in [5, 5.41) is 1.45. The van der Waals surface area contributed by atoms with E-state index in [1.54, 1.807) is 5.56 Å². The summed E-state index contributed by atoms with van der Waals surface area (Å²) in [6.45, 7) is 0. The zero-order valence-electron chi connectivity index (χ0n) is 12.0. The summed E-state index contributed by atoms with van der Waals surface area (Å²) < 4.78 is 2.52. The van der Waals surface area contributed by atoms with Crippen LogP contribution in [0.5, 0.6) is 0 Å². The number of aryl methyl sites for hydroxylation is 1. The molecule has 0 fully saturated rings. The van der Waals surface area contributed by atoms with Gasteiger partial charge in [0.05, 0.1) is 11.2 Å². The van der Waals surface area contributed by atoms with Crippen molar-refractivity contribution in [1.29, 1.82) is 0 Å². The first-order valence-corrected chi connectivity index (χ1v) is 7.83. The highest BCUT2D eigenvalue weighted by Gasteiger charge is 2.23. The number of fused-ring (bicyclic) bond motifs is 4. The molecule has 1 nitrogen and oxygen atoms in total. The van der Waals surface area contributed by atoms with Gasteiger partial charge in [0.25, 0.3) is 0 Å². The van der Waals surface area contributed by atoms with Crippen LogP contribution >= 0.6 is 0 Å². The van der Waals surface area contributed by atoms with Crippen molar-refractivity contribution < 1.29 is 0 Å². The molecule has 2 aliphatic carbocycles. The second-order valence-corrected chi connectivity index (χ2v) is 6.09. The van der Waals surface area contributed by atoms with E-state index in [2.05, 4.69) is 59.2 Å². The average Bonchev–Trinajstić information content (AvgIpc) is 3.22. The molecule has 0 aliphatic heterocycles. The molecule has 3 aromatic rings. The minimum Gasteiger partial charge on any atom is -0.313 e. The minimum atomic E-state index is 1.07. The molecule has 0 saturated heterocycles. The van der Waals surface area contributed by atoms with Crippen LogP contribution in [0.15, 0.2) is 48.5 Å². The van der Waals surface area contributed by atoms with Gasteiger partial charge in [-0.05, 0) is 48.9 Å². The van der Waals surface area contributed by atoms with Gasteiger partial charge >= 0.3 is 0 Å². The Morgan fingerprint density at radius 1 is 0.905 bits per heavy atom. The molecular weight excluding hydrogens is 254 g/mol. The van der Waals surface area contributed by atoms with Gasteiger partial charge < -0.3 is 4.57 Å². The Labute approximate surface area is 124 Å². The van der Waals surface area contributed by atoms with Crippen molar-refractivity contribution in [3.8, 4) is 5.69 Å². The van der Waals surface area contributed by atoms with Gasteiger partial charge in [-0.3, -0.25) is 0 Å². The van der Waals surface area contributed by atoms with Crippen molar-refractivity contribution in [3.63, 3.8) is 0 Å². The molecule has 0 unspecified atom stereocenters. The third kappa shape index (κ3) is 1.46. The fourth-order valence-corrected chi connectivity index (χ4v) is 4.08. The zero-order chi connectivity index (χ0) is 13.8. The number of hydrogen-bond donors (Lipinski definition) is 0. The number of allylic oxidation sites excluding steroid dienone is 1. The minimum absolute atomic E-state index is 1.07. The topological polar surface area (TPSA) is 4.93 Å². The molecule has 0 saturated carbocycles. The van der Waals surface area contributed by atoms with E-state index in [-0.39, 0.29) is 0 Å². The quantitative estimate of drug-likeness (QED) is 0.605. The summed E-state index contributed by atoms with van der Waals surface area (Å²) in [5.41, 5.74) is 8.71. The number of para-hydroxylation sites is 1. The largest absolute Gasteiger partial charge is 0.313 e. The van der Waals surface area contributed by atoms with Gasteiger partial charge in [0.15, 0.2) is 0 Å². The second-order valence-electron chi connectivity index (χ2n) is 6.09. The fraction of sp³-hybridized carbons (Fsp3) is 0.200. The van der Waals surface area contributed by atoms with E-state index < -0.39 is 0 Å². The Morgan fingerprint density at radius 2 is 1.86 bits per heavy atom. The molecule has 1 aromatic heterocycles. The van der Waals surface area contributed by atoms with Crippen LogP contribution < -0.4 is 0 Å². The van der Waals surface area contributed by atoms with E-state index >= 15 is 0 Å². The average molecular weight is 271 g/mol. The third-order valence-electron chi connectivity index (χ3n) is 4.97. The number of benzene rings is 2. The van der Waals surface area contributed by atoms with Crippen LogP contribution in [0.2, 0.25) is 0 Å². The highest BCUT2D eigenvalue weighted by Crippen LogP contribution is 2.37. The molecule has 0 amide bonds. The van der Waals surface area contributed by atoms with Gasteiger partial charge in [-0.2, -0.15) is 0 Å². The van der Waals surface area contributed by atoms with Crippen LogP contribution in [0.4, 0.5) is 0 Å². The number of nitrogens with zero attached hydrogens (tertiary/aromatic N) is 1. The van der Waals surface area contributed by atoms with Crippen LogP contribution in [-0.4, -0.2) is 4.57 Å². The molecule has 2 aliphatic rings. The summed E-state index contributed by atoms with van der Waals surface area (Å²) >= 11 is 0. The van der Waals surface area contributed by atoms with Gasteiger partial charge in [-0.15, -0.1) is 0 Å². The Hall–Kier alpha value is -2.28. The molecule has 21 heavy (non-hydrogen) atoms. The highest BCUT2D eigenvalue weighted by molar-refractivity contribution is 5.89. The molecule has 1 heteroatoms. The zero-order valence-corrected chi connectivity index (χ0v) is 12.0. The first-order valence-electron chi connectivity index (χ1n) is 7.83. The normalized spacial score (nSPS) is 15.6. The van der Waals surface area contributed by atoms with Crippen molar-refractivity contribution >= 4 is 17.0 Å². The molecule has 0 spiro atoms. The van der Waals surface area contributed by atoms with E-state index in [0.717, 1.165) is 6.42 Å². The van der Waals surface area contributed by atoms with Crippen molar-refractivity contribution in [2.75, 3.05) is 0 Å². The summed E-state index contributed by atoms with van der Waals surface area (Å²) in [7, 11) is 0. The van der Waals surface area contributed by atoms with E-state index in [1.807, 2.05) is 0 Å². The van der Waals surface area contributed by atoms with Crippen LogP contribution in [0.3, 0.4) is 0 Å². The van der Waals surface area contributed by atoms with Gasteiger partial charge in [-0.25, -0.2) is 0 Å². The maximum absolute atomic E-state index is 2.52. The smallest absolute Gasteiger partial charge is 0.0534 e. The summed E-state index contributed by atoms with van der Waals surface area (Å²) in [6, 6.07) is 15.6. The standard InChI is InChI=1S/C20H17N/c1-2-11-19-16(8-1)17-10-5-13-20(17)21(19)18-12-4-7-14-6-3-9-15(14)18/h1-4,7-9,11-12H,5-6,10,13H2. The van der Waals surface area contributed by atoms with E-state index in [9.17, 15) is 0 Å². The molecule has 0 atom stereocenters. The van der Waals surface area contributed by atoms with Crippen molar-refractivity contribution in [2.45, 2.75) is 25.7 Å². The van der Waals surface area contributed by atoms with Crippen molar-refractivity contribution in [2.24, 2.45) is 0 Å². The van der Waals surface area contributed by atoms with Gasteiger partial charge in [0.2, 0.25) is 0 Å². The summed E-state index contributed by atoms with van der Waals surface area (Å²) in [5.74, 6) is 0. The van der Waals surface area contributed by atoms with Gasteiger partial charge in [-0.1, -0.05) is 42.5 Å². The Bertz CT molecular complexity index is 896. The monoisotopic (exact) mass is 271 g/mol. The SMILES string of the molecule is C1=Cc2c(cccc2-n2c3c(c4ccccc42)CCC3)C1. The Morgan fingerprint density at radius 3 is 2.86 bits per heavy atom. The van der Waals surface area contributed by atoms with E-state index in [0.29, 0.717) is 0 Å². The summed E-state index contributed by atoms with van der Waals surface area (Å²) in [6.07, 6.45) is 9.37. The molecule has 1 heterocycles. The van der Waals surface area contributed by atoms with Crippen LogP contribution in [0, 0.1) is 0 Å². The number of aromatic nitrogens is 1. The maximum atomic E-state index is 2.52. The number of rotatable bonds is 1. The number of hydrogen-bond acceptors (Lipinski definition) is 0. The summed E-state index contributed by atoms with van der Waals surface area (Å²) in [4.78, 5) is 0. The van der Waals surface area contributed by atoms with Crippen LogP contribution in [0.25, 0.3) is 22.7 Å². The predicted octanol–water partition coefficient (Wildman–Crippen LogP) is 4.69. The Kier molecular flexibility index (Phi) is 2.23. The fourth-order valence-electron chi connectivity index (χ4n) is 4.08. The molecular formula is C20H17N.